The zero-order valence-electron chi connectivity index (χ0n) is 24.1. The third-order valence-electron chi connectivity index (χ3n) is 6.57. The van der Waals surface area contributed by atoms with Crippen LogP contribution in [0.2, 0.25) is 0 Å². The molecule has 0 spiro atoms. The van der Waals surface area contributed by atoms with Crippen LogP contribution in [0.15, 0.2) is 80.4 Å². The Bertz CT molecular complexity index is 1590. The average Bonchev–Trinajstić information content (AvgIpc) is 2.98. The molecule has 0 bridgehead atoms. The lowest BCUT2D eigenvalue weighted by atomic mass is 9.86. The summed E-state index contributed by atoms with van der Waals surface area (Å²) in [6.45, 7) is 3.91. The van der Waals surface area contributed by atoms with Crippen LogP contribution in [-0.4, -0.2) is 55.5 Å². The molecule has 0 aromatic heterocycles. The molecular weight excluding hydrogens is 576 g/mol. The number of phenolic OH excluding ortho intramolecular Hbond substituents is 2. The van der Waals surface area contributed by atoms with Crippen molar-refractivity contribution in [3.05, 3.63) is 76.9 Å². The topological polar surface area (TPSA) is 112 Å². The van der Waals surface area contributed by atoms with E-state index in [2.05, 4.69) is 0 Å². The molecule has 2 N–H and O–H groups in total. The highest BCUT2D eigenvalue weighted by atomic mass is 32.2. The fourth-order valence-electron chi connectivity index (χ4n) is 4.49. The van der Waals surface area contributed by atoms with Crippen LogP contribution in [0.25, 0.3) is 0 Å². The van der Waals surface area contributed by atoms with Crippen LogP contribution in [0.4, 0.5) is 0 Å². The minimum atomic E-state index is -0.558. The molecule has 1 atom stereocenters. The summed E-state index contributed by atoms with van der Waals surface area (Å²) in [4.78, 5) is 29.0. The number of phenols is 2. The van der Waals surface area contributed by atoms with Crippen molar-refractivity contribution in [3.63, 3.8) is 0 Å². The van der Waals surface area contributed by atoms with Gasteiger partial charge in [-0.15, -0.1) is 11.8 Å². The number of aromatic hydroxyl groups is 2. The van der Waals surface area contributed by atoms with Crippen LogP contribution in [0.1, 0.15) is 41.0 Å². The number of benzene rings is 3. The fourth-order valence-corrected chi connectivity index (χ4v) is 6.56. The van der Waals surface area contributed by atoms with Gasteiger partial charge in [-0.05, 0) is 68.8 Å². The van der Waals surface area contributed by atoms with Crippen molar-refractivity contribution < 1.29 is 38.7 Å². The first-order valence-corrected chi connectivity index (χ1v) is 14.6. The Morgan fingerprint density at radius 3 is 1.95 bits per heavy atom. The monoisotopic (exact) mass is 608 g/mol. The number of ether oxygens (including phenoxy) is 4. The van der Waals surface area contributed by atoms with E-state index < -0.39 is 16.8 Å². The molecule has 0 amide bonds. The fraction of sp³-hybridized carbons (Fsp3) is 0.250. The van der Waals surface area contributed by atoms with Crippen molar-refractivity contribution in [1.29, 1.82) is 0 Å². The van der Waals surface area contributed by atoms with Crippen molar-refractivity contribution in [2.75, 3.05) is 28.4 Å². The molecule has 8 nitrogen and oxygen atoms in total. The van der Waals surface area contributed by atoms with E-state index in [9.17, 15) is 19.8 Å². The number of Topliss-reactive ketones (excluding diaryl/α,β-unsaturated/α-hetero) is 1. The van der Waals surface area contributed by atoms with Crippen LogP contribution in [0.5, 0.6) is 34.5 Å². The summed E-state index contributed by atoms with van der Waals surface area (Å²) < 4.78 is 21.4. The van der Waals surface area contributed by atoms with Crippen LogP contribution in [0.3, 0.4) is 0 Å². The highest BCUT2D eigenvalue weighted by Crippen LogP contribution is 2.47. The van der Waals surface area contributed by atoms with Gasteiger partial charge < -0.3 is 29.2 Å². The Labute approximate surface area is 253 Å². The van der Waals surface area contributed by atoms with Crippen LogP contribution in [0, 0.1) is 0 Å². The van der Waals surface area contributed by atoms with Gasteiger partial charge in [-0.2, -0.15) is 0 Å². The molecule has 42 heavy (non-hydrogen) atoms. The first kappa shape index (κ1) is 30.9. The van der Waals surface area contributed by atoms with Crippen molar-refractivity contribution >= 4 is 35.1 Å². The first-order valence-electron chi connectivity index (χ1n) is 12.9. The zero-order chi connectivity index (χ0) is 30.6. The number of rotatable bonds is 11. The second-order valence-corrected chi connectivity index (χ2v) is 11.9. The van der Waals surface area contributed by atoms with Crippen molar-refractivity contribution in [2.24, 2.45) is 0 Å². The van der Waals surface area contributed by atoms with E-state index >= 15 is 0 Å². The van der Waals surface area contributed by atoms with E-state index in [1.807, 2.05) is 32.1 Å². The second-order valence-electron chi connectivity index (χ2n) is 9.54. The maximum Gasteiger partial charge on any atom is 0.194 e. The van der Waals surface area contributed by atoms with Crippen molar-refractivity contribution in [1.82, 2.24) is 0 Å². The lowest BCUT2D eigenvalue weighted by Crippen LogP contribution is -2.24. The van der Waals surface area contributed by atoms with Gasteiger partial charge in [0.2, 0.25) is 0 Å². The maximum absolute atomic E-state index is 13.9. The Kier molecular flexibility index (Phi) is 9.80. The number of carbonyl (C=O) groups excluding carboxylic acids is 2. The molecule has 10 heteroatoms. The third-order valence-corrected chi connectivity index (χ3v) is 8.85. The summed E-state index contributed by atoms with van der Waals surface area (Å²) in [5.41, 5.74) is 0.867. The summed E-state index contributed by atoms with van der Waals surface area (Å²) in [5, 5.41) is 21.7. The number of ketones is 2. The SMILES string of the molecule is COc1ccc(Sc2cc(O)c3c(c2O)C(=O)C=C(C(CC=C(C)C)Sc2ccc(OC)c(OC)c2)C3=O)cc1OC. The Balaban J connectivity index is 1.72. The Hall–Kier alpha value is -4.02. The standard InChI is InChI=1S/C32H32O8S2/c1-17(2)7-12-27(41-18-8-10-23(37-3)25(13-18)39-5)20-15-21(33)30-29(31(20)35)22(34)16-28(32(30)36)42-19-9-11-24(38-4)26(14-19)40-6/h7-11,13-16,27,34,36H,12H2,1-6H3. The molecule has 3 aromatic carbocycles. The van der Waals surface area contributed by atoms with Gasteiger partial charge in [0, 0.05) is 20.6 Å². The molecule has 0 saturated heterocycles. The predicted octanol–water partition coefficient (Wildman–Crippen LogP) is 7.11. The van der Waals surface area contributed by atoms with Crippen molar-refractivity contribution in [2.45, 2.75) is 40.2 Å². The van der Waals surface area contributed by atoms with Gasteiger partial charge in [0.05, 0.1) is 44.5 Å². The summed E-state index contributed by atoms with van der Waals surface area (Å²) in [7, 11) is 6.13. The summed E-state index contributed by atoms with van der Waals surface area (Å²) >= 11 is 2.51. The van der Waals surface area contributed by atoms with E-state index in [-0.39, 0.29) is 33.1 Å². The van der Waals surface area contributed by atoms with Crippen LogP contribution in [-0.2, 0) is 0 Å². The third kappa shape index (κ3) is 6.39. The average molecular weight is 609 g/mol. The summed E-state index contributed by atoms with van der Waals surface area (Å²) in [5.74, 6) is 0.301. The lowest BCUT2D eigenvalue weighted by Gasteiger charge is -2.24. The minimum absolute atomic E-state index is 0.207. The minimum Gasteiger partial charge on any atom is -0.507 e. The van der Waals surface area contributed by atoms with Gasteiger partial charge in [-0.25, -0.2) is 0 Å². The molecule has 3 aromatic rings. The smallest absolute Gasteiger partial charge is 0.194 e. The van der Waals surface area contributed by atoms with E-state index in [0.29, 0.717) is 34.3 Å². The number of allylic oxidation sites excluding steroid dienone is 3. The van der Waals surface area contributed by atoms with Gasteiger partial charge in [0.25, 0.3) is 0 Å². The number of fused-ring (bicyclic) bond motifs is 1. The zero-order valence-corrected chi connectivity index (χ0v) is 25.8. The largest absolute Gasteiger partial charge is 0.507 e. The molecule has 0 radical (unpaired) electrons. The number of carbonyl (C=O) groups is 2. The molecule has 1 unspecified atom stereocenters. The molecule has 0 aliphatic heterocycles. The quantitative estimate of drug-likeness (QED) is 0.133. The molecule has 4 rings (SSSR count). The van der Waals surface area contributed by atoms with E-state index in [1.165, 1.54) is 38.1 Å². The molecule has 1 aliphatic rings. The van der Waals surface area contributed by atoms with E-state index in [0.717, 1.165) is 22.2 Å². The normalized spacial score (nSPS) is 13.1. The molecular formula is C32H32O8S2. The Morgan fingerprint density at radius 1 is 0.810 bits per heavy atom. The summed E-state index contributed by atoms with van der Waals surface area (Å²) in [6.07, 6.45) is 3.72. The van der Waals surface area contributed by atoms with Gasteiger partial charge in [0.15, 0.2) is 34.6 Å². The van der Waals surface area contributed by atoms with Gasteiger partial charge in [-0.1, -0.05) is 23.4 Å². The van der Waals surface area contributed by atoms with Gasteiger partial charge >= 0.3 is 0 Å². The van der Waals surface area contributed by atoms with Gasteiger partial charge in [0.1, 0.15) is 11.5 Å². The van der Waals surface area contributed by atoms with Crippen molar-refractivity contribution in [3.8, 4) is 34.5 Å². The van der Waals surface area contributed by atoms with Crippen LogP contribution < -0.4 is 18.9 Å². The first-order chi connectivity index (χ1) is 20.1. The van der Waals surface area contributed by atoms with Crippen LogP contribution >= 0.6 is 23.5 Å². The van der Waals surface area contributed by atoms with Gasteiger partial charge in [-0.3, -0.25) is 9.59 Å². The number of methoxy groups -OCH3 is 4. The number of hydrogen-bond donors (Lipinski definition) is 2. The molecule has 1 aliphatic carbocycles. The molecule has 220 valence electrons. The lowest BCUT2D eigenvalue weighted by molar-refractivity contribution is 0.0977. The second kappa shape index (κ2) is 13.3. The van der Waals surface area contributed by atoms with E-state index in [1.54, 1.807) is 38.5 Å². The number of hydrogen-bond acceptors (Lipinski definition) is 10. The summed E-state index contributed by atoms with van der Waals surface area (Å²) in [6, 6.07) is 11.9. The Morgan fingerprint density at radius 2 is 1.38 bits per heavy atom. The molecule has 0 saturated carbocycles. The maximum atomic E-state index is 13.9. The predicted molar refractivity (Wildman–Crippen MR) is 163 cm³/mol. The highest BCUT2D eigenvalue weighted by Gasteiger charge is 2.36. The molecule has 0 fully saturated rings. The molecule has 0 heterocycles. The highest BCUT2D eigenvalue weighted by molar-refractivity contribution is 8.00. The number of thioether (sulfide) groups is 1. The van der Waals surface area contributed by atoms with E-state index in [4.69, 9.17) is 18.9 Å².